The highest BCUT2D eigenvalue weighted by Gasteiger charge is 2.38. The lowest BCUT2D eigenvalue weighted by Gasteiger charge is -2.39. The Morgan fingerprint density at radius 1 is 0.940 bits per heavy atom. The molecular weight excluding hydrogens is 664 g/mol. The van der Waals surface area contributed by atoms with Crippen LogP contribution in [0.2, 0.25) is 0 Å². The Morgan fingerprint density at radius 3 is 2.14 bits per heavy atom. The van der Waals surface area contributed by atoms with Crippen LogP contribution in [0.15, 0.2) is 53.4 Å². The molecule has 3 rings (SSSR count). The second-order valence-corrected chi connectivity index (χ2v) is 17.2. The van der Waals surface area contributed by atoms with E-state index >= 15 is 0 Å². The lowest BCUT2D eigenvalue weighted by molar-refractivity contribution is -0.151. The Kier molecular flexibility index (Phi) is 13.3. The lowest BCUT2D eigenvalue weighted by Crippen LogP contribution is -2.62. The van der Waals surface area contributed by atoms with Crippen LogP contribution in [0.5, 0.6) is 11.5 Å². The molecule has 50 heavy (non-hydrogen) atoms. The van der Waals surface area contributed by atoms with Gasteiger partial charge < -0.3 is 19.3 Å². The summed E-state index contributed by atoms with van der Waals surface area (Å²) in [5.41, 5.74) is 2.12. The van der Waals surface area contributed by atoms with Gasteiger partial charge in [-0.15, -0.1) is 0 Å². The minimum atomic E-state index is -4.18. The lowest BCUT2D eigenvalue weighted by atomic mass is 9.91. The summed E-state index contributed by atoms with van der Waals surface area (Å²) in [6.07, 6.45) is -2.13. The number of likely N-dealkylation sites (N-methyl/N-ethyl adjacent to an activating group) is 1. The molecule has 13 nitrogen and oxygen atoms in total. The van der Waals surface area contributed by atoms with Crippen molar-refractivity contribution in [2.75, 3.05) is 26.9 Å². The number of hydrazine groups is 1. The normalized spacial score (nSPS) is 15.0. The molecule has 1 aliphatic rings. The van der Waals surface area contributed by atoms with Gasteiger partial charge in [0.05, 0.1) is 17.0 Å². The van der Waals surface area contributed by atoms with Crippen LogP contribution in [0, 0.1) is 11.3 Å². The standard InChI is InChI=1S/C36H54N4O9S/c1-24(2)21-39(50(45,46)27-16-17-30-31(19-27)48-23-47-30)22-29(41)28(18-26-14-12-11-13-15-26)40(32(42)20-35(4,5)6)37-33(43)25(3)38(10)34(44)49-36(7,8)9/h11-17,19,24-25,28-29,41H,18,20-23H2,1-10H3,(H,37,43)/t25-,28?,29+/m0/s1. The third-order valence-corrected chi connectivity index (χ3v) is 9.66. The van der Waals surface area contributed by atoms with Crippen LogP contribution < -0.4 is 14.9 Å². The largest absolute Gasteiger partial charge is 0.454 e. The average Bonchev–Trinajstić information content (AvgIpc) is 3.48. The molecule has 14 heteroatoms. The van der Waals surface area contributed by atoms with E-state index in [2.05, 4.69) is 5.43 Å². The van der Waals surface area contributed by atoms with E-state index in [1.807, 2.05) is 65.0 Å². The molecule has 0 bridgehead atoms. The first kappa shape index (κ1) is 40.5. The third kappa shape index (κ3) is 11.3. The van der Waals surface area contributed by atoms with Crippen LogP contribution in [0.4, 0.5) is 4.79 Å². The summed E-state index contributed by atoms with van der Waals surface area (Å²) in [5.74, 6) is -0.589. The van der Waals surface area contributed by atoms with E-state index in [-0.39, 0.29) is 37.0 Å². The number of amides is 3. The summed E-state index contributed by atoms with van der Waals surface area (Å²) in [6, 6.07) is 11.2. The second kappa shape index (κ2) is 16.4. The molecule has 0 aromatic heterocycles. The van der Waals surface area contributed by atoms with Crippen LogP contribution in [0.25, 0.3) is 0 Å². The van der Waals surface area contributed by atoms with Crippen molar-refractivity contribution in [1.29, 1.82) is 0 Å². The minimum Gasteiger partial charge on any atom is -0.454 e. The molecule has 3 atom stereocenters. The molecule has 2 N–H and O–H groups in total. The van der Waals surface area contributed by atoms with Crippen molar-refractivity contribution < 1.29 is 42.1 Å². The summed E-state index contributed by atoms with van der Waals surface area (Å²) in [6.45, 7) is 15.6. The number of rotatable bonds is 13. The molecule has 278 valence electrons. The monoisotopic (exact) mass is 718 g/mol. The van der Waals surface area contributed by atoms with Crippen molar-refractivity contribution in [1.82, 2.24) is 19.6 Å². The molecule has 1 aliphatic heterocycles. The van der Waals surface area contributed by atoms with Gasteiger partial charge in [0.1, 0.15) is 11.6 Å². The van der Waals surface area contributed by atoms with Crippen molar-refractivity contribution in [3.05, 3.63) is 54.1 Å². The van der Waals surface area contributed by atoms with Crippen LogP contribution in [-0.2, 0) is 30.8 Å². The van der Waals surface area contributed by atoms with Gasteiger partial charge >= 0.3 is 6.09 Å². The summed E-state index contributed by atoms with van der Waals surface area (Å²) in [7, 11) is -2.76. The van der Waals surface area contributed by atoms with Gasteiger partial charge in [-0.3, -0.25) is 19.9 Å². The summed E-state index contributed by atoms with van der Waals surface area (Å²) < 4.78 is 45.6. The molecule has 1 heterocycles. The predicted molar refractivity (Wildman–Crippen MR) is 189 cm³/mol. The Bertz CT molecular complexity index is 1590. The Balaban J connectivity index is 2.04. The average molecular weight is 719 g/mol. The van der Waals surface area contributed by atoms with E-state index in [0.29, 0.717) is 11.5 Å². The molecular formula is C36H54N4O9S. The van der Waals surface area contributed by atoms with E-state index in [4.69, 9.17) is 14.2 Å². The maximum Gasteiger partial charge on any atom is 0.410 e. The molecule has 0 radical (unpaired) electrons. The number of nitrogens with one attached hydrogen (secondary N) is 1. The quantitative estimate of drug-likeness (QED) is 0.283. The SMILES string of the molecule is CC(C)CN(C[C@@H](O)C(Cc1ccccc1)N(NC(=O)[C@H](C)N(C)C(=O)OC(C)(C)C)C(=O)CC(C)(C)C)S(=O)(=O)c1ccc2c(c1)OCO2. The summed E-state index contributed by atoms with van der Waals surface area (Å²) in [5, 5.41) is 13.1. The predicted octanol–water partition coefficient (Wildman–Crippen LogP) is 4.59. The fourth-order valence-electron chi connectivity index (χ4n) is 5.20. The van der Waals surface area contributed by atoms with E-state index < -0.39 is 63.7 Å². The maximum absolute atomic E-state index is 14.1. The number of hydrogen-bond donors (Lipinski definition) is 2. The molecule has 0 fully saturated rings. The van der Waals surface area contributed by atoms with Crippen LogP contribution in [0.1, 0.15) is 74.3 Å². The fraction of sp³-hybridized carbons (Fsp3) is 0.583. The first-order valence-corrected chi connectivity index (χ1v) is 18.2. The van der Waals surface area contributed by atoms with E-state index in [1.165, 1.54) is 36.5 Å². The van der Waals surface area contributed by atoms with Crippen molar-refractivity contribution >= 4 is 27.9 Å². The number of sulfonamides is 1. The number of nitrogens with zero attached hydrogens (tertiary/aromatic N) is 3. The van der Waals surface area contributed by atoms with Gasteiger partial charge in [-0.1, -0.05) is 65.0 Å². The Labute approximate surface area is 296 Å². The molecule has 2 aromatic rings. The molecule has 0 aliphatic carbocycles. The Hall–Kier alpha value is -3.88. The van der Waals surface area contributed by atoms with Gasteiger partial charge in [0.15, 0.2) is 11.5 Å². The number of carbonyl (C=O) groups excluding carboxylic acids is 3. The van der Waals surface area contributed by atoms with Crippen LogP contribution >= 0.6 is 0 Å². The van der Waals surface area contributed by atoms with Crippen molar-refractivity contribution in [2.45, 2.75) is 104 Å². The molecule has 2 aromatic carbocycles. The molecule has 1 unspecified atom stereocenters. The fourth-order valence-corrected chi connectivity index (χ4v) is 6.84. The number of fused-ring (bicyclic) bond motifs is 1. The third-order valence-electron chi connectivity index (χ3n) is 7.83. The van der Waals surface area contributed by atoms with Gasteiger partial charge in [-0.05, 0) is 63.1 Å². The second-order valence-electron chi connectivity index (χ2n) is 15.3. The zero-order valence-corrected chi connectivity index (χ0v) is 31.7. The molecule has 0 spiro atoms. The highest BCUT2D eigenvalue weighted by atomic mass is 32.2. The first-order chi connectivity index (χ1) is 23.1. The van der Waals surface area contributed by atoms with Gasteiger partial charge in [-0.25, -0.2) is 18.2 Å². The zero-order chi connectivity index (χ0) is 37.6. The van der Waals surface area contributed by atoms with Gasteiger partial charge in [0.2, 0.25) is 22.7 Å². The number of carbonyl (C=O) groups is 3. The molecule has 3 amide bonds. The van der Waals surface area contributed by atoms with E-state index in [0.717, 1.165) is 15.5 Å². The summed E-state index contributed by atoms with van der Waals surface area (Å²) >= 11 is 0. The zero-order valence-electron chi connectivity index (χ0n) is 30.9. The van der Waals surface area contributed by atoms with Crippen LogP contribution in [0.3, 0.4) is 0 Å². The maximum atomic E-state index is 14.1. The number of hydrogen-bond acceptors (Lipinski definition) is 9. The van der Waals surface area contributed by atoms with Gasteiger partial charge in [-0.2, -0.15) is 4.31 Å². The summed E-state index contributed by atoms with van der Waals surface area (Å²) in [4.78, 5) is 41.7. The van der Waals surface area contributed by atoms with E-state index in [1.54, 1.807) is 20.8 Å². The molecule has 0 saturated carbocycles. The van der Waals surface area contributed by atoms with Crippen LogP contribution in [-0.4, -0.2) is 96.4 Å². The number of aliphatic hydroxyl groups is 1. The van der Waals surface area contributed by atoms with Gasteiger partial charge in [0, 0.05) is 32.6 Å². The van der Waals surface area contributed by atoms with E-state index in [9.17, 15) is 27.9 Å². The number of benzene rings is 2. The smallest absolute Gasteiger partial charge is 0.410 e. The highest BCUT2D eigenvalue weighted by molar-refractivity contribution is 7.89. The Morgan fingerprint density at radius 2 is 1.56 bits per heavy atom. The minimum absolute atomic E-state index is 0.00716. The highest BCUT2D eigenvalue weighted by Crippen LogP contribution is 2.35. The molecule has 0 saturated heterocycles. The number of ether oxygens (including phenoxy) is 3. The topological polar surface area (TPSA) is 155 Å². The van der Waals surface area contributed by atoms with Crippen molar-refractivity contribution in [3.8, 4) is 11.5 Å². The van der Waals surface area contributed by atoms with Crippen molar-refractivity contribution in [2.24, 2.45) is 11.3 Å². The number of aliphatic hydroxyl groups excluding tert-OH is 1. The van der Waals surface area contributed by atoms with Gasteiger partial charge in [0.25, 0.3) is 5.91 Å². The van der Waals surface area contributed by atoms with Crippen molar-refractivity contribution in [3.63, 3.8) is 0 Å². The first-order valence-electron chi connectivity index (χ1n) is 16.8.